The largest absolute Gasteiger partial charge is 0.309 e. The average Bonchev–Trinajstić information content (AvgIpc) is 3.47. The Hall–Kier alpha value is -4.96. The topological polar surface area (TPSA) is 43.5 Å². The van der Waals surface area contributed by atoms with Crippen molar-refractivity contribution in [1.82, 2.24) is 8.97 Å². The van der Waals surface area contributed by atoms with E-state index < -0.39 is 0 Å². The number of rotatable bonds is 2. The predicted molar refractivity (Wildman–Crippen MR) is 225 cm³/mol. The van der Waals surface area contributed by atoms with Crippen LogP contribution < -0.4 is 10.9 Å². The third kappa shape index (κ3) is 4.37. The van der Waals surface area contributed by atoms with E-state index in [2.05, 4.69) is 142 Å². The summed E-state index contributed by atoms with van der Waals surface area (Å²) < 4.78 is 4.62. The Bertz CT molecular complexity index is 2880. The molecule has 0 unspecified atom stereocenters. The van der Waals surface area contributed by atoms with Gasteiger partial charge in [-0.15, -0.1) is 0 Å². The molecule has 4 heteroatoms. The fraction of sp³-hybridized carbons (Fsp3) is 0.360. The van der Waals surface area contributed by atoms with Crippen molar-refractivity contribution >= 4 is 59.9 Å². The highest BCUT2D eigenvalue weighted by Crippen LogP contribution is 2.62. The highest BCUT2D eigenvalue weighted by molar-refractivity contribution is 6.13. The molecule has 8 aromatic rings. The molecule has 54 heavy (non-hydrogen) atoms. The molecular formula is C50H48N2O2. The molecule has 4 nitrogen and oxygen atoms in total. The number of nitrogens with zero attached hydrogens (tertiary/aromatic N) is 2. The summed E-state index contributed by atoms with van der Waals surface area (Å²) in [7, 11) is 0. The Morgan fingerprint density at radius 3 is 1.57 bits per heavy atom. The van der Waals surface area contributed by atoms with E-state index in [1.54, 1.807) is 0 Å². The van der Waals surface area contributed by atoms with Crippen molar-refractivity contribution in [2.45, 2.75) is 96.3 Å². The van der Waals surface area contributed by atoms with Gasteiger partial charge in [0.2, 0.25) is 0 Å². The third-order valence-electron chi connectivity index (χ3n) is 14.1. The van der Waals surface area contributed by atoms with Gasteiger partial charge in [0, 0.05) is 38.0 Å². The van der Waals surface area contributed by atoms with Crippen molar-refractivity contribution in [2.24, 2.45) is 17.8 Å². The zero-order chi connectivity index (χ0) is 37.1. The van der Waals surface area contributed by atoms with Gasteiger partial charge < -0.3 is 8.97 Å². The normalized spacial score (nSPS) is 23.0. The molecule has 0 amide bonds. The Morgan fingerprint density at radius 2 is 1.04 bits per heavy atom. The quantitative estimate of drug-likeness (QED) is 0.133. The minimum absolute atomic E-state index is 0.0184. The van der Waals surface area contributed by atoms with Gasteiger partial charge in [0.15, 0.2) is 10.9 Å². The molecule has 0 atom stereocenters. The van der Waals surface area contributed by atoms with Gasteiger partial charge in [-0.2, -0.15) is 0 Å². The van der Waals surface area contributed by atoms with Gasteiger partial charge in [0.25, 0.3) is 0 Å². The highest BCUT2D eigenvalue weighted by Gasteiger charge is 2.52. The maximum Gasteiger partial charge on any atom is 0.197 e. The number of benzene rings is 5. The molecule has 4 aliphatic carbocycles. The SMILES string of the molecule is CC(C)(C)c1ccc2c(c1)c(=O)c1cc(-n3c4ccccc4c4cccc(C56CC7CC(CC(C7)C5)C6)c43)cc3c(=O)c4cc(C(C)(C)C)ccc4n2c13. The second-order valence-electron chi connectivity index (χ2n) is 19.6. The highest BCUT2D eigenvalue weighted by atomic mass is 16.1. The zero-order valence-corrected chi connectivity index (χ0v) is 32.3. The van der Waals surface area contributed by atoms with E-state index in [4.69, 9.17) is 0 Å². The van der Waals surface area contributed by atoms with E-state index in [-0.39, 0.29) is 27.1 Å². The fourth-order valence-electron chi connectivity index (χ4n) is 11.9. The maximum atomic E-state index is 15.0. The van der Waals surface area contributed by atoms with Crippen LogP contribution in [0, 0.1) is 17.8 Å². The first-order valence-electron chi connectivity index (χ1n) is 20.2. The van der Waals surface area contributed by atoms with Crippen LogP contribution in [0.3, 0.4) is 0 Å². The molecule has 12 rings (SSSR count). The summed E-state index contributed by atoms with van der Waals surface area (Å²) >= 11 is 0. The Morgan fingerprint density at radius 1 is 0.519 bits per heavy atom. The van der Waals surface area contributed by atoms with Crippen molar-refractivity contribution in [2.75, 3.05) is 0 Å². The first-order chi connectivity index (χ1) is 25.8. The lowest BCUT2D eigenvalue weighted by Gasteiger charge is -2.57. The predicted octanol–water partition coefficient (Wildman–Crippen LogP) is 11.7. The first kappa shape index (κ1) is 32.5. The second kappa shape index (κ2) is 10.6. The Kier molecular flexibility index (Phi) is 6.39. The molecule has 0 N–H and O–H groups in total. The van der Waals surface area contributed by atoms with E-state index in [0.717, 1.165) is 51.1 Å². The lowest BCUT2D eigenvalue weighted by atomic mass is 9.48. The fourth-order valence-corrected chi connectivity index (χ4v) is 11.9. The van der Waals surface area contributed by atoms with E-state index >= 15 is 9.59 Å². The third-order valence-corrected chi connectivity index (χ3v) is 14.1. The number of hydrogen-bond acceptors (Lipinski definition) is 2. The summed E-state index contributed by atoms with van der Waals surface area (Å²) in [4.78, 5) is 30.1. The van der Waals surface area contributed by atoms with Crippen LogP contribution >= 0.6 is 0 Å². The average molecular weight is 709 g/mol. The van der Waals surface area contributed by atoms with Crippen molar-refractivity contribution in [3.05, 3.63) is 128 Å². The van der Waals surface area contributed by atoms with E-state index in [1.807, 2.05) is 0 Å². The van der Waals surface area contributed by atoms with Crippen LogP contribution in [0.25, 0.3) is 65.6 Å². The number of pyridine rings is 2. The van der Waals surface area contributed by atoms with Crippen molar-refractivity contribution in [3.63, 3.8) is 0 Å². The Balaban J connectivity index is 1.31. The lowest BCUT2D eigenvalue weighted by molar-refractivity contribution is -0.00460. The molecule has 270 valence electrons. The van der Waals surface area contributed by atoms with Crippen molar-refractivity contribution in [3.8, 4) is 5.69 Å². The van der Waals surface area contributed by atoms with Gasteiger partial charge in [-0.3, -0.25) is 9.59 Å². The smallest absolute Gasteiger partial charge is 0.197 e. The molecule has 0 radical (unpaired) electrons. The summed E-state index contributed by atoms with van der Waals surface area (Å²) in [5.41, 5.74) is 9.22. The van der Waals surface area contributed by atoms with Gasteiger partial charge in [0.05, 0.1) is 27.6 Å². The minimum Gasteiger partial charge on any atom is -0.309 e. The van der Waals surface area contributed by atoms with Crippen LogP contribution in [-0.2, 0) is 16.2 Å². The molecule has 3 heterocycles. The van der Waals surface area contributed by atoms with Crippen LogP contribution in [0.2, 0.25) is 0 Å². The summed E-state index contributed by atoms with van der Waals surface area (Å²) in [6, 6.07) is 32.6. The summed E-state index contributed by atoms with van der Waals surface area (Å²) in [6.07, 6.45) is 7.97. The molecule has 0 aliphatic heterocycles. The van der Waals surface area contributed by atoms with Gasteiger partial charge in [-0.1, -0.05) is 90.1 Å². The summed E-state index contributed by atoms with van der Waals surface area (Å²) in [6.45, 7) is 13.2. The van der Waals surface area contributed by atoms with Crippen LogP contribution in [0.4, 0.5) is 0 Å². The van der Waals surface area contributed by atoms with Gasteiger partial charge in [0.1, 0.15) is 0 Å². The molecular weight excluding hydrogens is 661 g/mol. The Labute approximate surface area is 315 Å². The van der Waals surface area contributed by atoms with Crippen molar-refractivity contribution in [1.29, 1.82) is 0 Å². The van der Waals surface area contributed by atoms with E-state index in [1.165, 1.54) is 60.4 Å². The molecule has 0 saturated heterocycles. The zero-order valence-electron chi connectivity index (χ0n) is 32.3. The lowest BCUT2D eigenvalue weighted by Crippen LogP contribution is -2.48. The van der Waals surface area contributed by atoms with E-state index in [0.29, 0.717) is 27.1 Å². The second-order valence-corrected chi connectivity index (χ2v) is 19.6. The van der Waals surface area contributed by atoms with Gasteiger partial charge in [-0.05, 0) is 132 Å². The minimum atomic E-state index is -0.128. The van der Waals surface area contributed by atoms with Crippen LogP contribution in [-0.4, -0.2) is 8.97 Å². The van der Waals surface area contributed by atoms with Crippen LogP contribution in [0.5, 0.6) is 0 Å². The standard InChI is InChI=1S/C50H48N2O2/c1-48(2,3)31-14-16-42-36(21-31)46(53)38-23-33(24-39-44(38)52(42)43-17-15-32(49(4,5)6)22-37(43)47(39)54)51-41-13-8-7-10-34(41)35-11-9-12-40(45(35)51)50-25-28-18-29(26-50)20-30(19-28)27-50/h7-17,21-24,28-30H,18-20,25-27H2,1-6H3. The number of aromatic nitrogens is 2. The number of hydrogen-bond donors (Lipinski definition) is 0. The van der Waals surface area contributed by atoms with Crippen LogP contribution in [0.15, 0.2) is 101 Å². The molecule has 0 spiro atoms. The maximum absolute atomic E-state index is 15.0. The molecule has 5 aromatic carbocycles. The molecule has 4 fully saturated rings. The molecule has 3 aromatic heterocycles. The van der Waals surface area contributed by atoms with E-state index in [9.17, 15) is 0 Å². The van der Waals surface area contributed by atoms with Gasteiger partial charge >= 0.3 is 0 Å². The monoisotopic (exact) mass is 708 g/mol. The summed E-state index contributed by atoms with van der Waals surface area (Å²) in [5, 5.41) is 5.04. The van der Waals surface area contributed by atoms with Gasteiger partial charge in [-0.25, -0.2) is 0 Å². The first-order valence-corrected chi connectivity index (χ1v) is 20.2. The van der Waals surface area contributed by atoms with Crippen LogP contribution in [0.1, 0.15) is 96.8 Å². The molecule has 4 aliphatic rings. The molecule has 4 saturated carbocycles. The molecule has 4 bridgehead atoms. The van der Waals surface area contributed by atoms with Crippen molar-refractivity contribution < 1.29 is 0 Å². The number of fused-ring (bicyclic) bond motifs is 7. The summed E-state index contributed by atoms with van der Waals surface area (Å²) in [5.74, 6) is 2.44. The number of para-hydroxylation sites is 2.